The second-order valence-corrected chi connectivity index (χ2v) is 3.00. The van der Waals surface area contributed by atoms with E-state index in [2.05, 4.69) is 16.8 Å². The van der Waals surface area contributed by atoms with Crippen LogP contribution in [0.5, 0.6) is 0 Å². The van der Waals surface area contributed by atoms with Crippen molar-refractivity contribution in [2.45, 2.75) is 12.6 Å². The van der Waals surface area contributed by atoms with Crippen molar-refractivity contribution in [2.24, 2.45) is 5.73 Å². The van der Waals surface area contributed by atoms with Gasteiger partial charge in [0.1, 0.15) is 5.82 Å². The summed E-state index contributed by atoms with van der Waals surface area (Å²) in [4.78, 5) is 3.45. The van der Waals surface area contributed by atoms with Crippen molar-refractivity contribution in [3.05, 3.63) is 23.4 Å². The van der Waals surface area contributed by atoms with Crippen molar-refractivity contribution in [3.63, 3.8) is 0 Å². The van der Waals surface area contributed by atoms with Crippen LogP contribution in [0.15, 0.2) is 12.3 Å². The number of hydrogen-bond donors (Lipinski definition) is 2. The molecular formula is C10H10F3N3. The maximum atomic E-state index is 12.3. The molecule has 0 amide bonds. The molecular weight excluding hydrogens is 219 g/mol. The lowest BCUT2D eigenvalue weighted by Gasteiger charge is -2.06. The van der Waals surface area contributed by atoms with Crippen LogP contribution in [-0.2, 0) is 6.18 Å². The lowest BCUT2D eigenvalue weighted by atomic mass is 10.2. The molecule has 0 saturated heterocycles. The van der Waals surface area contributed by atoms with E-state index >= 15 is 0 Å². The number of nitrogen functional groups attached to an aromatic ring is 1. The summed E-state index contributed by atoms with van der Waals surface area (Å²) < 4.78 is 37.0. The maximum absolute atomic E-state index is 12.3. The Bertz CT molecular complexity index is 429. The van der Waals surface area contributed by atoms with Gasteiger partial charge < -0.3 is 11.5 Å². The van der Waals surface area contributed by atoms with Gasteiger partial charge >= 0.3 is 6.18 Å². The molecule has 0 aliphatic heterocycles. The van der Waals surface area contributed by atoms with Crippen LogP contribution in [-0.4, -0.2) is 11.5 Å². The van der Waals surface area contributed by atoms with Gasteiger partial charge in [-0.05, 0) is 6.07 Å². The summed E-state index contributed by atoms with van der Waals surface area (Å²) >= 11 is 0. The summed E-state index contributed by atoms with van der Waals surface area (Å²) in [6.45, 7) is 0.347. The van der Waals surface area contributed by atoms with Crippen LogP contribution in [0.3, 0.4) is 0 Å². The minimum Gasteiger partial charge on any atom is -0.383 e. The quantitative estimate of drug-likeness (QED) is 0.715. The molecule has 0 aliphatic carbocycles. The first-order chi connectivity index (χ1) is 7.45. The predicted molar refractivity (Wildman–Crippen MR) is 54.2 cm³/mol. The van der Waals surface area contributed by atoms with E-state index in [-0.39, 0.29) is 11.4 Å². The highest BCUT2D eigenvalue weighted by Crippen LogP contribution is 2.29. The number of rotatable bonds is 1. The summed E-state index contributed by atoms with van der Waals surface area (Å²) in [5, 5.41) is 0. The first-order valence-corrected chi connectivity index (χ1v) is 4.47. The summed E-state index contributed by atoms with van der Waals surface area (Å²) in [6.07, 6.45) is -3.36. The predicted octanol–water partition coefficient (Wildman–Crippen LogP) is 1.38. The molecule has 0 aromatic carbocycles. The Balaban J connectivity index is 3.06. The number of alkyl halides is 3. The molecule has 0 bridgehead atoms. The molecule has 0 fully saturated rings. The standard InChI is InChI=1S/C10H10F3N3/c11-10(12,13)8-5-7(3-1-2-4-14)9(15)16-6-8/h5-6H,2,4,14H2,(H2,15,16). The van der Waals surface area contributed by atoms with E-state index in [4.69, 9.17) is 11.5 Å². The van der Waals surface area contributed by atoms with Crippen molar-refractivity contribution in [2.75, 3.05) is 12.3 Å². The van der Waals surface area contributed by atoms with Gasteiger partial charge in [0.15, 0.2) is 0 Å². The SMILES string of the molecule is NCCC#Cc1cc(C(F)(F)F)cnc1N. The van der Waals surface area contributed by atoms with Crippen LogP contribution in [0.2, 0.25) is 0 Å². The Morgan fingerprint density at radius 2 is 2.06 bits per heavy atom. The van der Waals surface area contributed by atoms with Gasteiger partial charge in [0, 0.05) is 19.2 Å². The Labute approximate surface area is 90.7 Å². The second-order valence-electron chi connectivity index (χ2n) is 3.00. The first-order valence-electron chi connectivity index (χ1n) is 4.47. The zero-order valence-electron chi connectivity index (χ0n) is 8.30. The summed E-state index contributed by atoms with van der Waals surface area (Å²) in [7, 11) is 0. The van der Waals surface area contributed by atoms with Crippen molar-refractivity contribution in [1.82, 2.24) is 4.98 Å². The highest BCUT2D eigenvalue weighted by atomic mass is 19.4. The fraction of sp³-hybridized carbons (Fsp3) is 0.300. The molecule has 6 heteroatoms. The molecule has 1 aromatic rings. The highest BCUT2D eigenvalue weighted by Gasteiger charge is 2.31. The zero-order chi connectivity index (χ0) is 12.2. The molecule has 1 rings (SSSR count). The van der Waals surface area contributed by atoms with Gasteiger partial charge in [0.05, 0.1) is 11.1 Å². The number of halogens is 3. The van der Waals surface area contributed by atoms with E-state index in [1.807, 2.05) is 0 Å². The topological polar surface area (TPSA) is 64.9 Å². The van der Waals surface area contributed by atoms with E-state index in [1.165, 1.54) is 0 Å². The van der Waals surface area contributed by atoms with Crippen molar-refractivity contribution in [3.8, 4) is 11.8 Å². The van der Waals surface area contributed by atoms with Gasteiger partial charge in [-0.1, -0.05) is 11.8 Å². The summed E-state index contributed by atoms with van der Waals surface area (Å²) in [5.74, 6) is 5.10. The number of hydrogen-bond acceptors (Lipinski definition) is 3. The number of nitrogens with zero attached hydrogens (tertiary/aromatic N) is 1. The third-order valence-electron chi connectivity index (χ3n) is 1.74. The Kier molecular flexibility index (Phi) is 3.74. The van der Waals surface area contributed by atoms with Gasteiger partial charge in [-0.3, -0.25) is 0 Å². The number of pyridine rings is 1. The maximum Gasteiger partial charge on any atom is 0.417 e. The van der Waals surface area contributed by atoms with Crippen LogP contribution < -0.4 is 11.5 Å². The molecule has 86 valence electrons. The third-order valence-corrected chi connectivity index (χ3v) is 1.74. The monoisotopic (exact) mass is 229 g/mol. The normalized spacial score (nSPS) is 10.8. The van der Waals surface area contributed by atoms with Crippen molar-refractivity contribution in [1.29, 1.82) is 0 Å². The largest absolute Gasteiger partial charge is 0.417 e. The fourth-order valence-electron chi connectivity index (χ4n) is 0.960. The molecule has 1 aromatic heterocycles. The molecule has 1 heterocycles. The fourth-order valence-corrected chi connectivity index (χ4v) is 0.960. The third kappa shape index (κ3) is 3.14. The van der Waals surface area contributed by atoms with Gasteiger partial charge in [-0.15, -0.1) is 0 Å². The molecule has 16 heavy (non-hydrogen) atoms. The molecule has 0 atom stereocenters. The van der Waals surface area contributed by atoms with Crippen molar-refractivity contribution < 1.29 is 13.2 Å². The van der Waals surface area contributed by atoms with Crippen LogP contribution in [0.25, 0.3) is 0 Å². The van der Waals surface area contributed by atoms with Gasteiger partial charge in [-0.2, -0.15) is 13.2 Å². The Hall–Kier alpha value is -1.74. The number of aromatic nitrogens is 1. The molecule has 0 unspecified atom stereocenters. The highest BCUT2D eigenvalue weighted by molar-refractivity contribution is 5.52. The summed E-state index contributed by atoms with van der Waals surface area (Å²) in [5.41, 5.74) is 9.81. The van der Waals surface area contributed by atoms with Crippen molar-refractivity contribution >= 4 is 5.82 Å². The van der Waals surface area contributed by atoms with E-state index in [9.17, 15) is 13.2 Å². The summed E-state index contributed by atoms with van der Waals surface area (Å²) in [6, 6.07) is 0.881. The second kappa shape index (κ2) is 4.86. The molecule has 0 radical (unpaired) electrons. The zero-order valence-corrected chi connectivity index (χ0v) is 8.30. The minimum atomic E-state index is -4.44. The van der Waals surface area contributed by atoms with E-state index in [1.54, 1.807) is 0 Å². The molecule has 0 spiro atoms. The molecule has 4 N–H and O–H groups in total. The lowest BCUT2D eigenvalue weighted by molar-refractivity contribution is -0.137. The van der Waals surface area contributed by atoms with E-state index in [0.717, 1.165) is 6.07 Å². The first kappa shape index (κ1) is 12.3. The average Bonchev–Trinajstić information content (AvgIpc) is 2.19. The molecule has 0 saturated carbocycles. The van der Waals surface area contributed by atoms with Crippen LogP contribution in [0, 0.1) is 11.8 Å². The molecule has 3 nitrogen and oxygen atoms in total. The van der Waals surface area contributed by atoms with E-state index in [0.29, 0.717) is 19.2 Å². The van der Waals surface area contributed by atoms with Crippen LogP contribution in [0.1, 0.15) is 17.5 Å². The van der Waals surface area contributed by atoms with Crippen LogP contribution in [0.4, 0.5) is 19.0 Å². The van der Waals surface area contributed by atoms with E-state index < -0.39 is 11.7 Å². The van der Waals surface area contributed by atoms with Gasteiger partial charge in [-0.25, -0.2) is 4.98 Å². The van der Waals surface area contributed by atoms with Gasteiger partial charge in [0.2, 0.25) is 0 Å². The Morgan fingerprint density at radius 1 is 1.38 bits per heavy atom. The minimum absolute atomic E-state index is 0.0162. The van der Waals surface area contributed by atoms with Gasteiger partial charge in [0.25, 0.3) is 0 Å². The Morgan fingerprint density at radius 3 is 2.62 bits per heavy atom. The number of anilines is 1. The number of nitrogens with two attached hydrogens (primary N) is 2. The average molecular weight is 229 g/mol. The smallest absolute Gasteiger partial charge is 0.383 e. The molecule has 0 aliphatic rings. The van der Waals surface area contributed by atoms with Crippen LogP contribution >= 0.6 is 0 Å². The lowest BCUT2D eigenvalue weighted by Crippen LogP contribution is -2.07.